The highest BCUT2D eigenvalue weighted by Crippen LogP contribution is 2.25. The number of nitrogens with one attached hydrogen (secondary N) is 1. The van der Waals surface area contributed by atoms with Crippen LogP contribution in [0.15, 0.2) is 18.2 Å². The van der Waals surface area contributed by atoms with Crippen molar-refractivity contribution in [2.45, 2.75) is 52.5 Å². The summed E-state index contributed by atoms with van der Waals surface area (Å²) in [4.78, 5) is 0. The Balaban J connectivity index is 2.15. The van der Waals surface area contributed by atoms with Crippen LogP contribution in [0.1, 0.15) is 50.3 Å². The third-order valence-corrected chi connectivity index (χ3v) is 4.34. The summed E-state index contributed by atoms with van der Waals surface area (Å²) in [5.74, 6) is 1.22. The third-order valence-electron chi connectivity index (χ3n) is 4.34. The summed E-state index contributed by atoms with van der Waals surface area (Å²) in [6, 6.07) is 7.04. The molecule has 4 nitrogen and oxygen atoms in total. The summed E-state index contributed by atoms with van der Waals surface area (Å²) in [6.07, 6.45) is 1.07. The predicted octanol–water partition coefficient (Wildman–Crippen LogP) is 2.97. The summed E-state index contributed by atoms with van der Waals surface area (Å²) >= 11 is 0. The van der Waals surface area contributed by atoms with Gasteiger partial charge in [0, 0.05) is 11.8 Å². The van der Waals surface area contributed by atoms with Crippen molar-refractivity contribution in [3.05, 3.63) is 35.3 Å². The smallest absolute Gasteiger partial charge is 0.307 e. The van der Waals surface area contributed by atoms with Gasteiger partial charge in [0.2, 0.25) is 0 Å². The lowest BCUT2D eigenvalue weighted by atomic mass is 9.92. The fourth-order valence-corrected chi connectivity index (χ4v) is 3.01. The number of ether oxygens (including phenoxy) is 1. The predicted molar refractivity (Wildman–Crippen MR) is 83.0 cm³/mol. The van der Waals surface area contributed by atoms with Crippen LogP contribution < -0.4 is 4.68 Å². The fraction of sp³-hybridized carbons (Fsp3) is 0.588. The van der Waals surface area contributed by atoms with Crippen LogP contribution in [0.25, 0.3) is 5.82 Å². The molecule has 1 aliphatic rings. The van der Waals surface area contributed by atoms with Crippen LogP contribution in [0.5, 0.6) is 0 Å². The molecule has 3 rings (SSSR count). The van der Waals surface area contributed by atoms with Gasteiger partial charge in [-0.15, -0.1) is 0 Å². The van der Waals surface area contributed by atoms with Crippen molar-refractivity contribution in [3.8, 4) is 5.82 Å². The summed E-state index contributed by atoms with van der Waals surface area (Å²) < 4.78 is 10.2. The standard InChI is InChI=1S/C17H25N3O/c1-12-6-7-13(2)19(12)16-10-15(17(3,4)5)18-20(16)14-8-9-21-11-14/h6-7,10,14H,8-9,11H2,1-5H3/p+1/t14-/m0/s1. The molecule has 1 N–H and O–H groups in total. The molecule has 1 fully saturated rings. The average Bonchev–Trinajstić information content (AvgIpc) is 3.07. The molecule has 3 heterocycles. The number of rotatable bonds is 2. The molecule has 4 heteroatoms. The minimum atomic E-state index is 0.106. The first kappa shape index (κ1) is 14.4. The Labute approximate surface area is 126 Å². The van der Waals surface area contributed by atoms with E-state index in [9.17, 15) is 0 Å². The van der Waals surface area contributed by atoms with Crippen molar-refractivity contribution in [1.82, 2.24) is 9.67 Å². The zero-order chi connectivity index (χ0) is 15.2. The maximum atomic E-state index is 5.59. The van der Waals surface area contributed by atoms with Crippen molar-refractivity contribution in [2.75, 3.05) is 13.2 Å². The van der Waals surface area contributed by atoms with Crippen molar-refractivity contribution >= 4 is 0 Å². The zero-order valence-corrected chi connectivity index (χ0v) is 13.7. The molecule has 0 amide bonds. The number of aryl methyl sites for hydroxylation is 2. The molecule has 2 aromatic heterocycles. The number of H-pyrrole nitrogens is 1. The molecule has 0 bridgehead atoms. The van der Waals surface area contributed by atoms with Crippen molar-refractivity contribution < 1.29 is 9.42 Å². The van der Waals surface area contributed by atoms with Gasteiger partial charge in [-0.2, -0.15) is 9.25 Å². The molecule has 0 radical (unpaired) electrons. The molecule has 2 aromatic rings. The molecule has 0 aliphatic carbocycles. The molecular formula is C17H26N3O+. The Morgan fingerprint density at radius 2 is 1.90 bits per heavy atom. The lowest BCUT2D eigenvalue weighted by Crippen LogP contribution is -2.45. The van der Waals surface area contributed by atoms with Gasteiger partial charge in [-0.05, 0) is 26.0 Å². The van der Waals surface area contributed by atoms with E-state index >= 15 is 0 Å². The van der Waals surface area contributed by atoms with E-state index in [4.69, 9.17) is 4.74 Å². The maximum Gasteiger partial charge on any atom is 0.307 e. The van der Waals surface area contributed by atoms with E-state index in [1.165, 1.54) is 22.9 Å². The SMILES string of the molecule is Cc1ccc(C)n1-c1cc(C(C)(C)C)[nH][n+]1[C@H]1CCOC1. The van der Waals surface area contributed by atoms with Gasteiger partial charge < -0.3 is 4.74 Å². The maximum absolute atomic E-state index is 5.59. The summed E-state index contributed by atoms with van der Waals surface area (Å²) in [7, 11) is 0. The van der Waals surface area contributed by atoms with Crippen molar-refractivity contribution in [1.29, 1.82) is 0 Å². The Hall–Kier alpha value is -1.55. The van der Waals surface area contributed by atoms with Gasteiger partial charge in [0.25, 0.3) is 0 Å². The molecule has 21 heavy (non-hydrogen) atoms. The molecule has 0 spiro atoms. The van der Waals surface area contributed by atoms with E-state index in [1.54, 1.807) is 0 Å². The Morgan fingerprint density at radius 1 is 1.24 bits per heavy atom. The second-order valence-corrected chi connectivity index (χ2v) is 7.12. The average molecular weight is 288 g/mol. The molecule has 1 saturated heterocycles. The first-order valence-corrected chi connectivity index (χ1v) is 7.76. The zero-order valence-electron chi connectivity index (χ0n) is 13.7. The third kappa shape index (κ3) is 2.53. The van der Waals surface area contributed by atoms with Gasteiger partial charge in [-0.25, -0.2) is 5.10 Å². The molecular weight excluding hydrogens is 262 g/mol. The molecule has 0 unspecified atom stereocenters. The van der Waals surface area contributed by atoms with Crippen LogP contribution in [-0.4, -0.2) is 22.9 Å². The van der Waals surface area contributed by atoms with Crippen LogP contribution in [0.2, 0.25) is 0 Å². The largest absolute Gasteiger partial charge is 0.377 e. The topological polar surface area (TPSA) is 33.8 Å². The van der Waals surface area contributed by atoms with Gasteiger partial charge in [0.1, 0.15) is 17.4 Å². The minimum absolute atomic E-state index is 0.106. The molecule has 114 valence electrons. The van der Waals surface area contributed by atoms with E-state index < -0.39 is 0 Å². The number of hydrogen-bond acceptors (Lipinski definition) is 1. The van der Waals surface area contributed by atoms with Gasteiger partial charge in [-0.3, -0.25) is 0 Å². The van der Waals surface area contributed by atoms with E-state index in [0.717, 1.165) is 19.6 Å². The number of aromatic nitrogens is 3. The van der Waals surface area contributed by atoms with Crippen molar-refractivity contribution in [3.63, 3.8) is 0 Å². The van der Waals surface area contributed by atoms with E-state index in [2.05, 4.69) is 67.2 Å². The highest BCUT2D eigenvalue weighted by molar-refractivity contribution is 5.30. The first-order chi connectivity index (χ1) is 9.88. The number of hydrogen-bond donors (Lipinski definition) is 1. The lowest BCUT2D eigenvalue weighted by Gasteiger charge is -2.14. The van der Waals surface area contributed by atoms with Crippen molar-refractivity contribution in [2.24, 2.45) is 0 Å². The molecule has 0 aromatic carbocycles. The molecule has 1 aliphatic heterocycles. The van der Waals surface area contributed by atoms with Gasteiger partial charge >= 0.3 is 5.82 Å². The van der Waals surface area contributed by atoms with Crippen LogP contribution in [-0.2, 0) is 10.2 Å². The monoisotopic (exact) mass is 288 g/mol. The van der Waals surface area contributed by atoms with Crippen LogP contribution in [0, 0.1) is 13.8 Å². The van der Waals surface area contributed by atoms with Gasteiger partial charge in [0.05, 0.1) is 25.0 Å². The number of nitrogens with zero attached hydrogens (tertiary/aromatic N) is 2. The van der Waals surface area contributed by atoms with Crippen LogP contribution >= 0.6 is 0 Å². The Kier molecular flexibility index (Phi) is 3.44. The van der Waals surface area contributed by atoms with Crippen LogP contribution in [0.4, 0.5) is 0 Å². The normalized spacial score (nSPS) is 19.4. The summed E-state index contributed by atoms with van der Waals surface area (Å²) in [5, 5.41) is 3.62. The lowest BCUT2D eigenvalue weighted by molar-refractivity contribution is -0.766. The van der Waals surface area contributed by atoms with E-state index in [0.29, 0.717) is 6.04 Å². The van der Waals surface area contributed by atoms with E-state index in [-0.39, 0.29) is 5.41 Å². The highest BCUT2D eigenvalue weighted by atomic mass is 16.5. The second kappa shape index (κ2) is 5.02. The minimum Gasteiger partial charge on any atom is -0.377 e. The second-order valence-electron chi connectivity index (χ2n) is 7.12. The van der Waals surface area contributed by atoms with Gasteiger partial charge in [0.15, 0.2) is 0 Å². The quantitative estimate of drug-likeness (QED) is 0.847. The van der Waals surface area contributed by atoms with Crippen LogP contribution in [0.3, 0.4) is 0 Å². The Morgan fingerprint density at radius 3 is 2.43 bits per heavy atom. The van der Waals surface area contributed by atoms with E-state index in [1.807, 2.05) is 0 Å². The fourth-order valence-electron chi connectivity index (χ4n) is 3.01. The first-order valence-electron chi connectivity index (χ1n) is 7.76. The number of aromatic amines is 1. The van der Waals surface area contributed by atoms with Gasteiger partial charge in [-0.1, -0.05) is 20.8 Å². The summed E-state index contributed by atoms with van der Waals surface area (Å²) in [5.41, 5.74) is 3.89. The molecule has 0 saturated carbocycles. The Bertz CT molecular complexity index is 620. The summed E-state index contributed by atoms with van der Waals surface area (Å²) in [6.45, 7) is 12.7. The highest BCUT2D eigenvalue weighted by Gasteiger charge is 2.32. The molecule has 1 atom stereocenters.